The molecule has 0 aliphatic rings. The molecule has 0 saturated heterocycles. The van der Waals surface area contributed by atoms with Gasteiger partial charge in [0.15, 0.2) is 0 Å². The molecule has 0 saturated carbocycles. The number of hydrogen-bond acceptors (Lipinski definition) is 0. The molecule has 74 valence electrons. The van der Waals surface area contributed by atoms with E-state index in [1.165, 1.54) is 6.42 Å². The van der Waals surface area contributed by atoms with Crippen LogP contribution in [0.15, 0.2) is 0 Å². The van der Waals surface area contributed by atoms with Gasteiger partial charge in [0.1, 0.15) is 0 Å². The topological polar surface area (TPSA) is 0 Å². The molecule has 0 unspecified atom stereocenters. The van der Waals surface area contributed by atoms with Crippen LogP contribution in [0.2, 0.25) is 0 Å². The molecule has 0 fully saturated rings. The van der Waals surface area contributed by atoms with Crippen molar-refractivity contribution in [1.29, 1.82) is 0 Å². The summed E-state index contributed by atoms with van der Waals surface area (Å²) in [6.45, 7) is 16.5. The van der Waals surface area contributed by atoms with Crippen molar-refractivity contribution >= 4 is 0 Å². The summed E-state index contributed by atoms with van der Waals surface area (Å²) < 4.78 is 0. The third-order valence-corrected chi connectivity index (χ3v) is 3.49. The van der Waals surface area contributed by atoms with Crippen molar-refractivity contribution in [2.24, 2.45) is 23.2 Å². The van der Waals surface area contributed by atoms with Crippen molar-refractivity contribution in [3.63, 3.8) is 0 Å². The van der Waals surface area contributed by atoms with Crippen LogP contribution >= 0.6 is 0 Å². The molecule has 0 spiro atoms. The van der Waals surface area contributed by atoms with E-state index >= 15 is 0 Å². The summed E-state index contributed by atoms with van der Waals surface area (Å²) in [7, 11) is 0. The minimum absolute atomic E-state index is 0.522. The van der Waals surface area contributed by atoms with E-state index in [4.69, 9.17) is 0 Å². The highest BCUT2D eigenvalue weighted by molar-refractivity contribution is 4.81. The molecule has 0 rings (SSSR count). The van der Waals surface area contributed by atoms with Crippen LogP contribution in [0.4, 0.5) is 0 Å². The average Bonchev–Trinajstić information content (AvgIpc) is 1.84. The van der Waals surface area contributed by atoms with Gasteiger partial charge >= 0.3 is 0 Å². The maximum atomic E-state index is 2.43. The van der Waals surface area contributed by atoms with E-state index in [1.807, 2.05) is 0 Å². The van der Waals surface area contributed by atoms with E-state index in [1.54, 1.807) is 0 Å². The van der Waals surface area contributed by atoms with Gasteiger partial charge in [-0.15, -0.1) is 0 Å². The summed E-state index contributed by atoms with van der Waals surface area (Å²) >= 11 is 0. The molecule has 0 heterocycles. The van der Waals surface area contributed by atoms with E-state index in [9.17, 15) is 0 Å². The fraction of sp³-hybridized carbons (Fsp3) is 1.00. The molecule has 0 atom stereocenters. The van der Waals surface area contributed by atoms with Crippen LogP contribution in [0.25, 0.3) is 0 Å². The Hall–Kier alpha value is 0. The first-order chi connectivity index (χ1) is 5.30. The lowest BCUT2D eigenvalue weighted by molar-refractivity contribution is 0.104. The number of hydrogen-bond donors (Lipinski definition) is 0. The van der Waals surface area contributed by atoms with Gasteiger partial charge in [-0.3, -0.25) is 0 Å². The average molecular weight is 170 g/mol. The van der Waals surface area contributed by atoms with Gasteiger partial charge in [-0.05, 0) is 29.6 Å². The summed E-state index contributed by atoms with van der Waals surface area (Å²) in [4.78, 5) is 0. The smallest absolute Gasteiger partial charge is 0.0277 e. The van der Waals surface area contributed by atoms with Gasteiger partial charge in [0.2, 0.25) is 0 Å². The van der Waals surface area contributed by atoms with Gasteiger partial charge in [-0.25, -0.2) is 0 Å². The van der Waals surface area contributed by atoms with Crippen molar-refractivity contribution in [2.45, 2.75) is 54.9 Å². The minimum atomic E-state index is 0.522. The van der Waals surface area contributed by atoms with Crippen molar-refractivity contribution in [3.8, 4) is 0 Å². The SMILES string of the molecule is CC(C)CC(C)(C(C)C)C(C)C. The lowest BCUT2D eigenvalue weighted by atomic mass is 9.66. The highest BCUT2D eigenvalue weighted by Crippen LogP contribution is 2.40. The predicted molar refractivity (Wildman–Crippen MR) is 57.2 cm³/mol. The van der Waals surface area contributed by atoms with Crippen LogP contribution in [-0.2, 0) is 0 Å². The minimum Gasteiger partial charge on any atom is -0.0628 e. The molecule has 0 N–H and O–H groups in total. The van der Waals surface area contributed by atoms with Crippen LogP contribution in [-0.4, -0.2) is 0 Å². The molecule has 0 aliphatic carbocycles. The molecule has 0 amide bonds. The molecule has 0 aliphatic heterocycles. The molecule has 0 nitrogen and oxygen atoms in total. The zero-order chi connectivity index (χ0) is 9.94. The Kier molecular flexibility index (Phi) is 4.30. The van der Waals surface area contributed by atoms with Crippen LogP contribution in [0.3, 0.4) is 0 Å². The summed E-state index contributed by atoms with van der Waals surface area (Å²) in [6, 6.07) is 0. The maximum Gasteiger partial charge on any atom is -0.0277 e. The second kappa shape index (κ2) is 4.30. The fourth-order valence-corrected chi connectivity index (χ4v) is 2.02. The monoisotopic (exact) mass is 170 g/mol. The highest BCUT2D eigenvalue weighted by Gasteiger charge is 2.32. The van der Waals surface area contributed by atoms with E-state index in [0.29, 0.717) is 5.41 Å². The Bertz CT molecular complexity index is 112. The second-order valence-electron chi connectivity index (χ2n) is 5.41. The quantitative estimate of drug-likeness (QED) is 0.588. The zero-order valence-electron chi connectivity index (χ0n) is 9.94. The first-order valence-electron chi connectivity index (χ1n) is 5.30. The summed E-state index contributed by atoms with van der Waals surface area (Å²) in [5.74, 6) is 2.40. The van der Waals surface area contributed by atoms with Gasteiger partial charge in [0.05, 0.1) is 0 Å². The van der Waals surface area contributed by atoms with Crippen LogP contribution in [0.5, 0.6) is 0 Å². The normalized spacial score (nSPS) is 13.5. The van der Waals surface area contributed by atoms with Crippen LogP contribution in [0, 0.1) is 23.2 Å². The van der Waals surface area contributed by atoms with Crippen molar-refractivity contribution in [1.82, 2.24) is 0 Å². The third-order valence-electron chi connectivity index (χ3n) is 3.49. The molecule has 12 heavy (non-hydrogen) atoms. The summed E-state index contributed by atoms with van der Waals surface area (Å²) in [5, 5.41) is 0. The largest absolute Gasteiger partial charge is 0.0628 e. The molecule has 0 aromatic carbocycles. The van der Waals surface area contributed by atoms with Gasteiger partial charge in [0.25, 0.3) is 0 Å². The third kappa shape index (κ3) is 2.80. The van der Waals surface area contributed by atoms with E-state index in [2.05, 4.69) is 48.5 Å². The summed E-state index contributed by atoms with van der Waals surface area (Å²) in [6.07, 6.45) is 1.35. The van der Waals surface area contributed by atoms with Gasteiger partial charge < -0.3 is 0 Å². The van der Waals surface area contributed by atoms with Crippen LogP contribution in [0.1, 0.15) is 54.9 Å². The van der Waals surface area contributed by atoms with Crippen molar-refractivity contribution in [3.05, 3.63) is 0 Å². The Morgan fingerprint density at radius 3 is 1.25 bits per heavy atom. The van der Waals surface area contributed by atoms with E-state index in [-0.39, 0.29) is 0 Å². The van der Waals surface area contributed by atoms with Gasteiger partial charge in [-0.1, -0.05) is 48.5 Å². The molecule has 0 heteroatoms. The van der Waals surface area contributed by atoms with E-state index < -0.39 is 0 Å². The van der Waals surface area contributed by atoms with E-state index in [0.717, 1.165) is 17.8 Å². The predicted octanol–water partition coefficient (Wildman–Crippen LogP) is 4.35. The Morgan fingerprint density at radius 2 is 1.17 bits per heavy atom. The number of rotatable bonds is 4. The molecular weight excluding hydrogens is 144 g/mol. The van der Waals surface area contributed by atoms with Crippen molar-refractivity contribution < 1.29 is 0 Å². The zero-order valence-corrected chi connectivity index (χ0v) is 9.94. The second-order valence-corrected chi connectivity index (χ2v) is 5.41. The summed E-state index contributed by atoms with van der Waals surface area (Å²) in [5.41, 5.74) is 0.522. The van der Waals surface area contributed by atoms with Crippen LogP contribution < -0.4 is 0 Å². The Morgan fingerprint density at radius 1 is 0.833 bits per heavy atom. The standard InChI is InChI=1S/C12H26/c1-9(2)8-12(7,10(3)4)11(5)6/h9-11H,8H2,1-7H3. The molecule has 0 bridgehead atoms. The van der Waals surface area contributed by atoms with Gasteiger partial charge in [0, 0.05) is 0 Å². The van der Waals surface area contributed by atoms with Gasteiger partial charge in [-0.2, -0.15) is 0 Å². The molecule has 0 aromatic rings. The molecule has 0 radical (unpaired) electrons. The Balaban J connectivity index is 4.40. The maximum absolute atomic E-state index is 2.43. The fourth-order valence-electron chi connectivity index (χ4n) is 2.02. The molecular formula is C12H26. The molecule has 0 aromatic heterocycles. The highest BCUT2D eigenvalue weighted by atomic mass is 14.4. The Labute approximate surface area is 78.8 Å². The first-order valence-corrected chi connectivity index (χ1v) is 5.30. The lowest BCUT2D eigenvalue weighted by Gasteiger charge is -2.39. The van der Waals surface area contributed by atoms with Crippen molar-refractivity contribution in [2.75, 3.05) is 0 Å². The first kappa shape index (κ1) is 12.0. The lowest BCUT2D eigenvalue weighted by Crippen LogP contribution is -2.31.